The molecule has 130 valence electrons. The predicted octanol–water partition coefficient (Wildman–Crippen LogP) is 2.80. The number of likely N-dealkylation sites (tertiary alicyclic amines) is 1. The van der Waals surface area contributed by atoms with Gasteiger partial charge in [-0.25, -0.2) is 9.78 Å². The molecule has 0 aliphatic carbocycles. The molecule has 2 fully saturated rings. The van der Waals surface area contributed by atoms with Gasteiger partial charge in [-0.3, -0.25) is 4.90 Å². The minimum absolute atomic E-state index is 0. The molecule has 1 atom stereocenters. The average molecular weight is 360 g/mol. The van der Waals surface area contributed by atoms with Crippen LogP contribution in [-0.2, 0) is 4.74 Å². The molecule has 23 heavy (non-hydrogen) atoms. The van der Waals surface area contributed by atoms with Gasteiger partial charge >= 0.3 is 5.97 Å². The lowest BCUT2D eigenvalue weighted by atomic mass is 9.97. The first-order valence-electron chi connectivity index (χ1n) is 8.19. The van der Waals surface area contributed by atoms with Gasteiger partial charge in [-0.2, -0.15) is 0 Å². The zero-order valence-electron chi connectivity index (χ0n) is 13.8. The largest absolute Gasteiger partial charge is 0.464 e. The molecule has 1 aromatic heterocycles. The molecule has 0 spiro atoms. The number of carbonyl (C=O) groups excluding carboxylic acids is 1. The highest BCUT2D eigenvalue weighted by atomic mass is 35.5. The van der Waals surface area contributed by atoms with E-state index in [1.54, 1.807) is 11.3 Å². The van der Waals surface area contributed by atoms with Gasteiger partial charge < -0.3 is 10.1 Å². The third-order valence-electron chi connectivity index (χ3n) is 4.79. The van der Waals surface area contributed by atoms with Crippen LogP contribution in [0.5, 0.6) is 0 Å². The van der Waals surface area contributed by atoms with Crippen LogP contribution in [0.25, 0.3) is 0 Å². The number of hydrogen-bond acceptors (Lipinski definition) is 6. The van der Waals surface area contributed by atoms with E-state index in [0.717, 1.165) is 41.9 Å². The molecule has 1 unspecified atom stereocenters. The number of ether oxygens (including phenoxy) is 1. The van der Waals surface area contributed by atoms with Crippen molar-refractivity contribution >= 4 is 29.7 Å². The fourth-order valence-electron chi connectivity index (χ4n) is 3.57. The molecular formula is C16H26ClN3O2S. The maximum Gasteiger partial charge on any atom is 0.357 e. The minimum atomic E-state index is -0.317. The van der Waals surface area contributed by atoms with Crippen molar-refractivity contribution in [3.05, 3.63) is 15.6 Å². The summed E-state index contributed by atoms with van der Waals surface area (Å²) in [6, 6.07) is 0.386. The second-order valence-electron chi connectivity index (χ2n) is 6.29. The number of aromatic nitrogens is 1. The summed E-state index contributed by atoms with van der Waals surface area (Å²) < 4.78 is 4.83. The lowest BCUT2D eigenvalue weighted by Gasteiger charge is -2.30. The van der Waals surface area contributed by atoms with Gasteiger partial charge in [0.15, 0.2) is 5.69 Å². The summed E-state index contributed by atoms with van der Waals surface area (Å²) in [5, 5.41) is 4.52. The van der Waals surface area contributed by atoms with Crippen LogP contribution in [0, 0.1) is 12.8 Å². The van der Waals surface area contributed by atoms with Crippen molar-refractivity contribution < 1.29 is 9.53 Å². The Morgan fingerprint density at radius 2 is 2.13 bits per heavy atom. The topological polar surface area (TPSA) is 54.5 Å². The Balaban J connectivity index is 0.00000192. The highest BCUT2D eigenvalue weighted by molar-refractivity contribution is 7.11. The van der Waals surface area contributed by atoms with Crippen LogP contribution in [0.3, 0.4) is 0 Å². The van der Waals surface area contributed by atoms with Crippen molar-refractivity contribution in [1.29, 1.82) is 0 Å². The maximum absolute atomic E-state index is 11.8. The van der Waals surface area contributed by atoms with Crippen LogP contribution < -0.4 is 5.32 Å². The molecule has 7 heteroatoms. The number of nitrogens with zero attached hydrogens (tertiary/aromatic N) is 2. The summed E-state index contributed by atoms with van der Waals surface area (Å²) in [5.74, 6) is 0.478. The van der Waals surface area contributed by atoms with Crippen LogP contribution in [-0.4, -0.2) is 49.1 Å². The molecule has 0 saturated carbocycles. The van der Waals surface area contributed by atoms with Gasteiger partial charge in [0.1, 0.15) is 5.01 Å². The molecule has 1 N–H and O–H groups in total. The van der Waals surface area contributed by atoms with Crippen LogP contribution in [0.1, 0.15) is 52.1 Å². The third-order valence-corrected chi connectivity index (χ3v) is 5.86. The summed E-state index contributed by atoms with van der Waals surface area (Å²) in [4.78, 5) is 19.9. The van der Waals surface area contributed by atoms with Crippen molar-refractivity contribution in [3.8, 4) is 0 Å². The van der Waals surface area contributed by atoms with Crippen LogP contribution in [0.15, 0.2) is 0 Å². The summed E-state index contributed by atoms with van der Waals surface area (Å²) in [7, 11) is 1.42. The van der Waals surface area contributed by atoms with E-state index in [1.807, 2.05) is 6.92 Å². The molecule has 0 bridgehead atoms. The standard InChI is InChI=1S/C16H25N3O2S.ClH/c1-11-14(16(20)21-2)18-15(22-11)13-4-3-9-19(13)10-12-5-7-17-8-6-12;/h12-13,17H,3-10H2,1-2H3;1H. The number of halogens is 1. The van der Waals surface area contributed by atoms with Crippen molar-refractivity contribution in [2.75, 3.05) is 33.3 Å². The monoisotopic (exact) mass is 359 g/mol. The Morgan fingerprint density at radius 3 is 2.83 bits per heavy atom. The molecule has 2 aliphatic rings. The molecule has 2 saturated heterocycles. The van der Waals surface area contributed by atoms with Gasteiger partial charge in [0.2, 0.25) is 0 Å². The van der Waals surface area contributed by atoms with E-state index in [4.69, 9.17) is 4.74 Å². The summed E-state index contributed by atoms with van der Waals surface area (Å²) in [6.07, 6.45) is 4.92. The number of hydrogen-bond donors (Lipinski definition) is 1. The lowest BCUT2D eigenvalue weighted by Crippen LogP contribution is -2.36. The average Bonchev–Trinajstić information content (AvgIpc) is 3.14. The molecule has 0 aromatic carbocycles. The molecular weight excluding hydrogens is 334 g/mol. The van der Waals surface area contributed by atoms with E-state index in [1.165, 1.54) is 32.9 Å². The SMILES string of the molecule is COC(=O)c1nc(C2CCCN2CC2CCNCC2)sc1C.Cl. The van der Waals surface area contributed by atoms with Gasteiger partial charge in [-0.1, -0.05) is 0 Å². The van der Waals surface area contributed by atoms with E-state index in [2.05, 4.69) is 15.2 Å². The van der Waals surface area contributed by atoms with E-state index >= 15 is 0 Å². The Kier molecular flexibility index (Phi) is 6.83. The maximum atomic E-state index is 11.8. The number of rotatable bonds is 4. The van der Waals surface area contributed by atoms with Crippen molar-refractivity contribution in [1.82, 2.24) is 15.2 Å². The normalized spacial score (nSPS) is 22.8. The molecule has 1 aromatic rings. The predicted molar refractivity (Wildman–Crippen MR) is 94.6 cm³/mol. The van der Waals surface area contributed by atoms with Crippen molar-refractivity contribution in [2.45, 2.75) is 38.6 Å². The van der Waals surface area contributed by atoms with Crippen LogP contribution in [0.2, 0.25) is 0 Å². The first-order chi connectivity index (χ1) is 10.7. The second-order valence-corrected chi connectivity index (χ2v) is 7.53. The van der Waals surface area contributed by atoms with Crippen LogP contribution in [0.4, 0.5) is 0 Å². The number of nitrogens with one attached hydrogen (secondary N) is 1. The van der Waals surface area contributed by atoms with E-state index in [-0.39, 0.29) is 18.4 Å². The number of aryl methyl sites for hydroxylation is 1. The Morgan fingerprint density at radius 1 is 1.39 bits per heavy atom. The van der Waals surface area contributed by atoms with Gasteiger partial charge in [0.25, 0.3) is 0 Å². The van der Waals surface area contributed by atoms with E-state index < -0.39 is 0 Å². The van der Waals surface area contributed by atoms with Gasteiger partial charge in [0.05, 0.1) is 13.2 Å². The van der Waals surface area contributed by atoms with Crippen molar-refractivity contribution in [2.24, 2.45) is 5.92 Å². The van der Waals surface area contributed by atoms with Crippen molar-refractivity contribution in [3.63, 3.8) is 0 Å². The number of piperidine rings is 1. The molecule has 0 radical (unpaired) electrons. The Labute approximate surface area is 148 Å². The van der Waals surface area contributed by atoms with E-state index in [0.29, 0.717) is 11.7 Å². The highest BCUT2D eigenvalue weighted by Crippen LogP contribution is 2.36. The quantitative estimate of drug-likeness (QED) is 0.838. The molecule has 2 aliphatic heterocycles. The Hall–Kier alpha value is -0.690. The van der Waals surface area contributed by atoms with E-state index in [9.17, 15) is 4.79 Å². The number of esters is 1. The third kappa shape index (κ3) is 4.24. The first kappa shape index (κ1) is 18.6. The smallest absolute Gasteiger partial charge is 0.357 e. The summed E-state index contributed by atoms with van der Waals surface area (Å²) >= 11 is 1.66. The fourth-order valence-corrected chi connectivity index (χ4v) is 4.65. The molecule has 3 rings (SSSR count). The Bertz CT molecular complexity index is 531. The van der Waals surface area contributed by atoms with Gasteiger partial charge in [-0.05, 0) is 58.2 Å². The molecule has 5 nitrogen and oxygen atoms in total. The number of thiazole rings is 1. The fraction of sp³-hybridized carbons (Fsp3) is 0.750. The lowest BCUT2D eigenvalue weighted by molar-refractivity contribution is 0.0593. The zero-order chi connectivity index (χ0) is 15.5. The summed E-state index contributed by atoms with van der Waals surface area (Å²) in [5.41, 5.74) is 0.496. The summed E-state index contributed by atoms with van der Waals surface area (Å²) in [6.45, 7) is 6.57. The second kappa shape index (κ2) is 8.42. The molecule has 0 amide bonds. The number of methoxy groups -OCH3 is 1. The highest BCUT2D eigenvalue weighted by Gasteiger charge is 2.31. The van der Waals surface area contributed by atoms with Gasteiger partial charge in [-0.15, -0.1) is 23.7 Å². The molecule has 3 heterocycles. The minimum Gasteiger partial charge on any atom is -0.464 e. The zero-order valence-corrected chi connectivity index (χ0v) is 15.5. The van der Waals surface area contributed by atoms with Crippen LogP contribution >= 0.6 is 23.7 Å². The first-order valence-corrected chi connectivity index (χ1v) is 9.01. The van der Waals surface area contributed by atoms with Gasteiger partial charge in [0, 0.05) is 11.4 Å². The number of carbonyl (C=O) groups is 1.